The van der Waals surface area contributed by atoms with Crippen LogP contribution in [0.5, 0.6) is 0 Å². The SMILES string of the molecule is N=C1C(F)=NC=C[C@H]1F. The lowest BCUT2D eigenvalue weighted by molar-refractivity contribution is 0.489. The van der Waals surface area contributed by atoms with Crippen molar-refractivity contribution in [2.45, 2.75) is 6.17 Å². The zero-order valence-corrected chi connectivity index (χ0v) is 4.44. The Labute approximate surface area is 50.4 Å². The average Bonchev–Trinajstić information content (AvgIpc) is 1.83. The summed E-state index contributed by atoms with van der Waals surface area (Å²) in [6.07, 6.45) is 0.409. The Bertz CT molecular complexity index is 195. The van der Waals surface area contributed by atoms with Crippen molar-refractivity contribution in [3.8, 4) is 0 Å². The molecular weight excluding hydrogens is 126 g/mol. The zero-order valence-electron chi connectivity index (χ0n) is 4.44. The lowest BCUT2D eigenvalue weighted by Gasteiger charge is -2.03. The molecule has 0 amide bonds. The summed E-state index contributed by atoms with van der Waals surface area (Å²) >= 11 is 0. The molecule has 0 saturated carbocycles. The molecule has 1 aliphatic heterocycles. The maximum atomic E-state index is 12.2. The van der Waals surface area contributed by atoms with E-state index in [2.05, 4.69) is 4.99 Å². The van der Waals surface area contributed by atoms with E-state index in [0.717, 1.165) is 12.3 Å². The van der Waals surface area contributed by atoms with Crippen molar-refractivity contribution in [3.05, 3.63) is 12.3 Å². The van der Waals surface area contributed by atoms with Gasteiger partial charge in [0.2, 0.25) is 5.97 Å². The van der Waals surface area contributed by atoms with E-state index < -0.39 is 17.8 Å². The van der Waals surface area contributed by atoms with Gasteiger partial charge in [0, 0.05) is 6.20 Å². The number of halogens is 2. The summed E-state index contributed by atoms with van der Waals surface area (Å²) in [5, 5.41) is 6.67. The standard InChI is InChI=1S/C5H4F2N2/c6-3-1-2-9-5(7)4(3)8/h1-3,8H/t3-/m1/s1. The van der Waals surface area contributed by atoms with Crippen LogP contribution in [-0.2, 0) is 0 Å². The minimum Gasteiger partial charge on any atom is -0.297 e. The third-order valence-corrected chi connectivity index (χ3v) is 0.941. The van der Waals surface area contributed by atoms with Crippen LogP contribution in [0.3, 0.4) is 0 Å². The van der Waals surface area contributed by atoms with Crippen molar-refractivity contribution in [1.29, 1.82) is 5.41 Å². The minimum absolute atomic E-state index is 0.697. The Balaban J connectivity index is 2.86. The topological polar surface area (TPSA) is 36.2 Å². The molecule has 48 valence electrons. The summed E-state index contributed by atoms with van der Waals surface area (Å²) in [6, 6.07) is 0. The summed E-state index contributed by atoms with van der Waals surface area (Å²) in [6.45, 7) is 0. The molecule has 1 heterocycles. The van der Waals surface area contributed by atoms with Gasteiger partial charge in [-0.2, -0.15) is 4.39 Å². The van der Waals surface area contributed by atoms with E-state index in [4.69, 9.17) is 5.41 Å². The predicted octanol–water partition coefficient (Wildman–Crippen LogP) is 1.24. The molecule has 0 spiro atoms. The highest BCUT2D eigenvalue weighted by Crippen LogP contribution is 2.04. The fourth-order valence-corrected chi connectivity index (χ4v) is 0.464. The molecule has 4 heteroatoms. The van der Waals surface area contributed by atoms with Crippen molar-refractivity contribution in [2.24, 2.45) is 4.99 Å². The van der Waals surface area contributed by atoms with Crippen LogP contribution >= 0.6 is 0 Å². The monoisotopic (exact) mass is 130 g/mol. The number of alkyl halides is 1. The molecule has 0 radical (unpaired) electrons. The highest BCUT2D eigenvalue weighted by atomic mass is 19.1. The molecule has 0 aromatic rings. The summed E-state index contributed by atoms with van der Waals surface area (Å²) in [4.78, 5) is 3.07. The lowest BCUT2D eigenvalue weighted by Crippen LogP contribution is -2.21. The van der Waals surface area contributed by atoms with Gasteiger partial charge in [0.05, 0.1) is 0 Å². The van der Waals surface area contributed by atoms with Crippen molar-refractivity contribution < 1.29 is 8.78 Å². The van der Waals surface area contributed by atoms with Crippen LogP contribution < -0.4 is 0 Å². The molecule has 9 heavy (non-hydrogen) atoms. The number of hydrogen-bond donors (Lipinski definition) is 1. The number of nitrogens with one attached hydrogen (secondary N) is 1. The Kier molecular flexibility index (Phi) is 1.38. The highest BCUT2D eigenvalue weighted by Gasteiger charge is 2.18. The molecule has 0 bridgehead atoms. The van der Waals surface area contributed by atoms with Crippen LogP contribution in [0.25, 0.3) is 0 Å². The quantitative estimate of drug-likeness (QED) is 0.512. The molecule has 1 rings (SSSR count). The number of aliphatic imine (C=N–C) groups is 1. The second-order valence-electron chi connectivity index (χ2n) is 1.58. The number of nitrogens with zero attached hydrogens (tertiary/aromatic N) is 1. The lowest BCUT2D eigenvalue weighted by atomic mass is 10.2. The largest absolute Gasteiger partial charge is 0.297 e. The van der Waals surface area contributed by atoms with Gasteiger partial charge in [-0.1, -0.05) is 0 Å². The molecule has 0 unspecified atom stereocenters. The Morgan fingerprint density at radius 2 is 2.33 bits per heavy atom. The van der Waals surface area contributed by atoms with Crippen LogP contribution in [0, 0.1) is 5.41 Å². The van der Waals surface area contributed by atoms with Gasteiger partial charge >= 0.3 is 0 Å². The van der Waals surface area contributed by atoms with Crippen LogP contribution in [0.15, 0.2) is 17.3 Å². The Morgan fingerprint density at radius 1 is 1.67 bits per heavy atom. The maximum Gasteiger partial charge on any atom is 0.237 e. The number of rotatable bonds is 0. The van der Waals surface area contributed by atoms with E-state index in [-0.39, 0.29) is 0 Å². The molecule has 0 aromatic carbocycles. The smallest absolute Gasteiger partial charge is 0.237 e. The molecule has 0 saturated heterocycles. The summed E-state index contributed by atoms with van der Waals surface area (Å²) in [5.41, 5.74) is -0.697. The van der Waals surface area contributed by atoms with Gasteiger partial charge in [-0.25, -0.2) is 9.38 Å². The zero-order chi connectivity index (χ0) is 6.85. The molecular formula is C5H4F2N2. The summed E-state index contributed by atoms with van der Waals surface area (Å²) < 4.78 is 24.3. The van der Waals surface area contributed by atoms with E-state index in [1.807, 2.05) is 0 Å². The first-order chi connectivity index (χ1) is 4.22. The second kappa shape index (κ2) is 2.05. The first-order valence-corrected chi connectivity index (χ1v) is 2.34. The first-order valence-electron chi connectivity index (χ1n) is 2.34. The van der Waals surface area contributed by atoms with Crippen LogP contribution in [0.2, 0.25) is 0 Å². The number of hydrogen-bond acceptors (Lipinski definition) is 2. The van der Waals surface area contributed by atoms with E-state index in [9.17, 15) is 8.78 Å². The van der Waals surface area contributed by atoms with Crippen LogP contribution in [0.1, 0.15) is 0 Å². The van der Waals surface area contributed by atoms with Crippen molar-refractivity contribution in [1.82, 2.24) is 0 Å². The Hall–Kier alpha value is -1.06. The van der Waals surface area contributed by atoms with Crippen molar-refractivity contribution in [2.75, 3.05) is 0 Å². The van der Waals surface area contributed by atoms with Gasteiger partial charge in [0.15, 0.2) is 6.17 Å². The van der Waals surface area contributed by atoms with Gasteiger partial charge in [-0.05, 0) is 6.08 Å². The molecule has 2 nitrogen and oxygen atoms in total. The van der Waals surface area contributed by atoms with Gasteiger partial charge in [0.25, 0.3) is 0 Å². The maximum absolute atomic E-state index is 12.2. The van der Waals surface area contributed by atoms with Gasteiger partial charge < -0.3 is 0 Å². The number of allylic oxidation sites excluding steroid dienone is 1. The fraction of sp³-hybridized carbons (Fsp3) is 0.200. The third kappa shape index (κ3) is 1.01. The van der Waals surface area contributed by atoms with Gasteiger partial charge in [-0.3, -0.25) is 5.41 Å². The van der Waals surface area contributed by atoms with Crippen molar-refractivity contribution >= 4 is 11.7 Å². The molecule has 0 fully saturated rings. The van der Waals surface area contributed by atoms with E-state index in [0.29, 0.717) is 0 Å². The summed E-state index contributed by atoms with van der Waals surface area (Å²) in [7, 11) is 0. The first kappa shape index (κ1) is 6.07. The molecule has 0 aliphatic carbocycles. The Morgan fingerprint density at radius 3 is 2.78 bits per heavy atom. The van der Waals surface area contributed by atoms with E-state index >= 15 is 0 Å². The predicted molar refractivity (Wildman–Crippen MR) is 30.3 cm³/mol. The van der Waals surface area contributed by atoms with Gasteiger partial charge in [0.1, 0.15) is 5.71 Å². The highest BCUT2D eigenvalue weighted by molar-refractivity contribution is 6.40. The second-order valence-corrected chi connectivity index (χ2v) is 1.58. The van der Waals surface area contributed by atoms with E-state index in [1.165, 1.54) is 0 Å². The molecule has 1 atom stereocenters. The fourth-order valence-electron chi connectivity index (χ4n) is 0.464. The van der Waals surface area contributed by atoms with E-state index in [1.54, 1.807) is 0 Å². The van der Waals surface area contributed by atoms with Gasteiger partial charge in [-0.15, -0.1) is 0 Å². The molecule has 1 N–H and O–H groups in total. The normalized spacial score (nSPS) is 26.2. The summed E-state index contributed by atoms with van der Waals surface area (Å²) in [5.74, 6) is -1.04. The molecule has 0 aromatic heterocycles. The van der Waals surface area contributed by atoms with Crippen LogP contribution in [-0.4, -0.2) is 17.8 Å². The van der Waals surface area contributed by atoms with Crippen LogP contribution in [0.4, 0.5) is 8.78 Å². The van der Waals surface area contributed by atoms with Crippen molar-refractivity contribution in [3.63, 3.8) is 0 Å². The minimum atomic E-state index is -1.62. The third-order valence-electron chi connectivity index (χ3n) is 0.941. The average molecular weight is 130 g/mol. The molecule has 1 aliphatic rings.